The number of rotatable bonds is 8. The number of carbonyl (C=O) groups excluding carboxylic acids is 1. The van der Waals surface area contributed by atoms with Crippen molar-refractivity contribution >= 4 is 11.9 Å². The fraction of sp³-hybridized carbons (Fsp3) is 0.615. The topological polar surface area (TPSA) is 84.2 Å². The van der Waals surface area contributed by atoms with E-state index in [0.717, 1.165) is 12.8 Å². The van der Waals surface area contributed by atoms with Gasteiger partial charge in [-0.25, -0.2) is 4.98 Å². The number of hydrogen-bond donors (Lipinski definition) is 2. The smallest absolute Gasteiger partial charge is 0.303 e. The summed E-state index contributed by atoms with van der Waals surface area (Å²) in [4.78, 5) is 26.2. The van der Waals surface area contributed by atoms with Crippen molar-refractivity contribution < 1.29 is 14.7 Å². The summed E-state index contributed by atoms with van der Waals surface area (Å²) in [5, 5.41) is 11.5. The third-order valence-electron chi connectivity index (χ3n) is 3.23. The highest BCUT2D eigenvalue weighted by atomic mass is 16.4. The third kappa shape index (κ3) is 5.11. The lowest BCUT2D eigenvalue weighted by Crippen LogP contribution is -2.27. The summed E-state index contributed by atoms with van der Waals surface area (Å²) in [6.07, 6.45) is 5.68. The molecule has 0 spiro atoms. The lowest BCUT2D eigenvalue weighted by Gasteiger charge is -2.14. The average molecular weight is 267 g/mol. The van der Waals surface area contributed by atoms with Crippen LogP contribution in [0.1, 0.15) is 43.1 Å². The van der Waals surface area contributed by atoms with Gasteiger partial charge in [-0.15, -0.1) is 0 Å². The maximum atomic E-state index is 11.8. The fourth-order valence-corrected chi connectivity index (χ4v) is 1.94. The minimum absolute atomic E-state index is 0.145. The molecule has 1 unspecified atom stereocenters. The second-order valence-corrected chi connectivity index (χ2v) is 4.64. The Morgan fingerprint density at radius 3 is 2.74 bits per heavy atom. The van der Waals surface area contributed by atoms with Crippen LogP contribution in [-0.4, -0.2) is 33.1 Å². The summed E-state index contributed by atoms with van der Waals surface area (Å²) in [5.41, 5.74) is 0.526. The van der Waals surface area contributed by atoms with E-state index in [1.807, 2.05) is 6.92 Å². The van der Waals surface area contributed by atoms with E-state index in [2.05, 4.69) is 10.3 Å². The van der Waals surface area contributed by atoms with Crippen molar-refractivity contribution in [2.45, 2.75) is 32.6 Å². The number of nitrogens with zero attached hydrogens (tertiary/aromatic N) is 2. The minimum atomic E-state index is -0.766. The number of aromatic nitrogens is 2. The minimum Gasteiger partial charge on any atom is -0.481 e. The second-order valence-electron chi connectivity index (χ2n) is 4.64. The van der Waals surface area contributed by atoms with Crippen LogP contribution >= 0.6 is 0 Å². The molecule has 2 N–H and O–H groups in total. The van der Waals surface area contributed by atoms with Crippen LogP contribution in [0.2, 0.25) is 0 Å². The molecule has 19 heavy (non-hydrogen) atoms. The van der Waals surface area contributed by atoms with Crippen molar-refractivity contribution in [3.05, 3.63) is 18.2 Å². The zero-order valence-electron chi connectivity index (χ0n) is 11.4. The largest absolute Gasteiger partial charge is 0.481 e. The van der Waals surface area contributed by atoms with E-state index in [1.54, 1.807) is 17.9 Å². The number of carboxylic acids is 1. The van der Waals surface area contributed by atoms with Gasteiger partial charge in [0.1, 0.15) is 5.69 Å². The number of imidazole rings is 1. The maximum absolute atomic E-state index is 11.8. The molecule has 0 aromatic carbocycles. The van der Waals surface area contributed by atoms with Gasteiger partial charge in [-0.2, -0.15) is 0 Å². The van der Waals surface area contributed by atoms with Crippen molar-refractivity contribution in [3.63, 3.8) is 0 Å². The molecular weight excluding hydrogens is 246 g/mol. The number of carbonyl (C=O) groups is 2. The van der Waals surface area contributed by atoms with Gasteiger partial charge < -0.3 is 15.0 Å². The molecule has 1 rings (SSSR count). The van der Waals surface area contributed by atoms with E-state index in [1.165, 1.54) is 6.20 Å². The highest BCUT2D eigenvalue weighted by molar-refractivity contribution is 5.92. The Labute approximate surface area is 112 Å². The number of amides is 1. The first kappa shape index (κ1) is 15.2. The Morgan fingerprint density at radius 2 is 2.21 bits per heavy atom. The Balaban J connectivity index is 2.30. The van der Waals surface area contributed by atoms with Gasteiger partial charge in [0.05, 0.1) is 12.5 Å². The van der Waals surface area contributed by atoms with Crippen LogP contribution in [0.25, 0.3) is 0 Å². The normalized spacial score (nSPS) is 12.1. The Bertz CT molecular complexity index is 429. The van der Waals surface area contributed by atoms with Crippen LogP contribution in [0, 0.1) is 5.92 Å². The molecule has 0 aliphatic rings. The third-order valence-corrected chi connectivity index (χ3v) is 3.23. The van der Waals surface area contributed by atoms with Crippen molar-refractivity contribution in [2.24, 2.45) is 13.0 Å². The van der Waals surface area contributed by atoms with Crippen LogP contribution in [0.15, 0.2) is 12.5 Å². The zero-order chi connectivity index (χ0) is 14.3. The molecule has 0 saturated heterocycles. The summed E-state index contributed by atoms with van der Waals surface area (Å²) in [6, 6.07) is 0. The molecule has 0 bridgehead atoms. The number of aryl methyl sites for hydroxylation is 1. The van der Waals surface area contributed by atoms with Gasteiger partial charge in [-0.05, 0) is 18.8 Å². The van der Waals surface area contributed by atoms with Gasteiger partial charge in [0.15, 0.2) is 0 Å². The SMILES string of the molecule is CCC(CCNC(=O)c1cncn1C)CCC(=O)O. The van der Waals surface area contributed by atoms with Crippen LogP contribution in [0.3, 0.4) is 0 Å². The molecule has 1 heterocycles. The molecule has 0 aliphatic heterocycles. The molecule has 6 heteroatoms. The van der Waals surface area contributed by atoms with Crippen LogP contribution in [-0.2, 0) is 11.8 Å². The van der Waals surface area contributed by atoms with E-state index in [9.17, 15) is 9.59 Å². The standard InChI is InChI=1S/C13H21N3O3/c1-3-10(4-5-12(17)18)6-7-15-13(19)11-8-14-9-16(11)2/h8-10H,3-7H2,1-2H3,(H,15,19)(H,17,18). The van der Waals surface area contributed by atoms with Crippen LogP contribution in [0.5, 0.6) is 0 Å². The molecule has 0 aliphatic carbocycles. The lowest BCUT2D eigenvalue weighted by molar-refractivity contribution is -0.137. The molecule has 0 fully saturated rings. The maximum Gasteiger partial charge on any atom is 0.303 e. The van der Waals surface area contributed by atoms with Crippen molar-refractivity contribution in [3.8, 4) is 0 Å². The highest BCUT2D eigenvalue weighted by Crippen LogP contribution is 2.14. The number of aliphatic carboxylic acids is 1. The molecule has 106 valence electrons. The molecule has 1 aromatic heterocycles. The van der Waals surface area contributed by atoms with E-state index >= 15 is 0 Å². The first-order valence-electron chi connectivity index (χ1n) is 6.50. The summed E-state index contributed by atoms with van der Waals surface area (Å²) in [7, 11) is 1.77. The average Bonchev–Trinajstić information content (AvgIpc) is 2.79. The van der Waals surface area contributed by atoms with Gasteiger partial charge in [0.25, 0.3) is 5.91 Å². The summed E-state index contributed by atoms with van der Waals surface area (Å²) in [6.45, 7) is 2.59. The molecule has 0 saturated carbocycles. The predicted molar refractivity (Wildman–Crippen MR) is 70.8 cm³/mol. The van der Waals surface area contributed by atoms with E-state index < -0.39 is 5.97 Å². The van der Waals surface area contributed by atoms with Gasteiger partial charge in [-0.3, -0.25) is 9.59 Å². The number of hydrogen-bond acceptors (Lipinski definition) is 3. The second kappa shape index (κ2) is 7.56. The Hall–Kier alpha value is -1.85. The van der Waals surface area contributed by atoms with Crippen LogP contribution in [0.4, 0.5) is 0 Å². The predicted octanol–water partition coefficient (Wildman–Crippen LogP) is 1.43. The van der Waals surface area contributed by atoms with E-state index in [-0.39, 0.29) is 12.3 Å². The Kier molecular flexibility index (Phi) is 6.05. The first-order valence-corrected chi connectivity index (χ1v) is 6.50. The van der Waals surface area contributed by atoms with E-state index in [4.69, 9.17) is 5.11 Å². The monoisotopic (exact) mass is 267 g/mol. The quantitative estimate of drug-likeness (QED) is 0.746. The molecule has 1 atom stereocenters. The molecule has 1 aromatic rings. The lowest BCUT2D eigenvalue weighted by atomic mass is 9.96. The van der Waals surface area contributed by atoms with Gasteiger partial charge in [-0.1, -0.05) is 13.3 Å². The molecule has 0 radical (unpaired) electrons. The summed E-state index contributed by atoms with van der Waals surface area (Å²) in [5.74, 6) is -0.576. The van der Waals surface area contributed by atoms with Gasteiger partial charge in [0.2, 0.25) is 0 Å². The van der Waals surface area contributed by atoms with E-state index in [0.29, 0.717) is 24.6 Å². The fourth-order valence-electron chi connectivity index (χ4n) is 1.94. The molecule has 6 nitrogen and oxygen atoms in total. The molecule has 1 amide bonds. The zero-order valence-corrected chi connectivity index (χ0v) is 11.4. The van der Waals surface area contributed by atoms with Crippen LogP contribution < -0.4 is 5.32 Å². The summed E-state index contributed by atoms with van der Waals surface area (Å²) >= 11 is 0. The summed E-state index contributed by atoms with van der Waals surface area (Å²) < 4.78 is 1.66. The Morgan fingerprint density at radius 1 is 1.47 bits per heavy atom. The highest BCUT2D eigenvalue weighted by Gasteiger charge is 2.12. The number of carboxylic acid groups (broad SMARTS) is 1. The van der Waals surface area contributed by atoms with Crippen molar-refractivity contribution in [1.29, 1.82) is 0 Å². The molecular formula is C13H21N3O3. The van der Waals surface area contributed by atoms with Crippen molar-refractivity contribution in [2.75, 3.05) is 6.54 Å². The van der Waals surface area contributed by atoms with Crippen molar-refractivity contribution in [1.82, 2.24) is 14.9 Å². The first-order chi connectivity index (χ1) is 9.04. The van der Waals surface area contributed by atoms with Gasteiger partial charge in [0, 0.05) is 20.0 Å². The number of nitrogens with one attached hydrogen (secondary N) is 1. The van der Waals surface area contributed by atoms with Gasteiger partial charge >= 0.3 is 5.97 Å².